The van der Waals surface area contributed by atoms with Crippen LogP contribution in [0, 0.1) is 5.82 Å². The van der Waals surface area contributed by atoms with E-state index in [-0.39, 0.29) is 11.9 Å². The molecule has 0 aliphatic carbocycles. The van der Waals surface area contributed by atoms with Crippen LogP contribution < -0.4 is 5.32 Å². The van der Waals surface area contributed by atoms with Crippen molar-refractivity contribution in [2.45, 2.75) is 17.9 Å². The first-order valence-electron chi connectivity index (χ1n) is 6.40. The van der Waals surface area contributed by atoms with E-state index in [1.165, 1.54) is 11.0 Å². The van der Waals surface area contributed by atoms with Crippen molar-refractivity contribution in [1.29, 1.82) is 0 Å². The molecule has 1 atom stereocenters. The van der Waals surface area contributed by atoms with Crippen LogP contribution >= 0.6 is 11.8 Å². The lowest BCUT2D eigenvalue weighted by atomic mass is 9.99. The molecule has 0 bridgehead atoms. The van der Waals surface area contributed by atoms with Gasteiger partial charge in [-0.3, -0.25) is 0 Å². The average Bonchev–Trinajstić information content (AvgIpc) is 2.42. The van der Waals surface area contributed by atoms with E-state index >= 15 is 0 Å². The number of thioether (sulfide) groups is 1. The fraction of sp³-hybridized carbons (Fsp3) is 0.250. The van der Waals surface area contributed by atoms with Crippen LogP contribution in [0.1, 0.15) is 24.1 Å². The zero-order valence-electron chi connectivity index (χ0n) is 11.2. The van der Waals surface area contributed by atoms with E-state index in [2.05, 4.69) is 36.5 Å². The molecule has 2 aromatic carbocycles. The van der Waals surface area contributed by atoms with Gasteiger partial charge in [-0.05, 0) is 48.2 Å². The molecule has 0 saturated carbocycles. The van der Waals surface area contributed by atoms with Crippen molar-refractivity contribution in [3.05, 3.63) is 65.5 Å². The van der Waals surface area contributed by atoms with E-state index in [1.807, 2.05) is 24.9 Å². The maximum Gasteiger partial charge on any atom is 0.123 e. The Bertz CT molecular complexity index is 525. The van der Waals surface area contributed by atoms with Crippen molar-refractivity contribution < 1.29 is 4.39 Å². The number of hydrogen-bond acceptors (Lipinski definition) is 2. The summed E-state index contributed by atoms with van der Waals surface area (Å²) in [6.07, 6.45) is 0. The summed E-state index contributed by atoms with van der Waals surface area (Å²) < 4.78 is 13.3. The van der Waals surface area contributed by atoms with Crippen LogP contribution in [-0.2, 0) is 0 Å². The molecule has 0 aromatic heterocycles. The van der Waals surface area contributed by atoms with Gasteiger partial charge in [-0.2, -0.15) is 0 Å². The zero-order valence-corrected chi connectivity index (χ0v) is 12.0. The Hall–Kier alpha value is -1.32. The van der Waals surface area contributed by atoms with Crippen molar-refractivity contribution in [3.63, 3.8) is 0 Å². The summed E-state index contributed by atoms with van der Waals surface area (Å²) in [6.45, 7) is 2.14. The summed E-state index contributed by atoms with van der Waals surface area (Å²) in [4.78, 5) is 1.26. The number of rotatable bonds is 5. The first kappa shape index (κ1) is 14.1. The normalized spacial score (nSPS) is 12.4. The van der Waals surface area contributed by atoms with Crippen LogP contribution in [0.15, 0.2) is 53.4 Å². The second-order valence-corrected chi connectivity index (χ2v) is 5.62. The molecule has 3 heteroatoms. The number of halogens is 1. The summed E-state index contributed by atoms with van der Waals surface area (Å²) in [7, 11) is 1.89. The Morgan fingerprint density at radius 3 is 2.42 bits per heavy atom. The lowest BCUT2D eigenvalue weighted by Gasteiger charge is -2.17. The van der Waals surface area contributed by atoms with Crippen LogP contribution in [0.2, 0.25) is 0 Å². The number of hydrogen-bond donors (Lipinski definition) is 1. The van der Waals surface area contributed by atoms with E-state index in [4.69, 9.17) is 0 Å². The van der Waals surface area contributed by atoms with E-state index < -0.39 is 0 Å². The Kier molecular flexibility index (Phi) is 5.00. The third kappa shape index (κ3) is 3.58. The molecule has 0 aliphatic rings. The molecule has 0 saturated heterocycles. The molecule has 0 spiro atoms. The molecule has 2 rings (SSSR count). The van der Waals surface area contributed by atoms with E-state index in [1.54, 1.807) is 12.1 Å². The van der Waals surface area contributed by atoms with Crippen molar-refractivity contribution in [1.82, 2.24) is 5.32 Å². The third-order valence-electron chi connectivity index (χ3n) is 3.00. The number of benzene rings is 2. The standard InChI is InChI=1S/C16H18FNS/c1-3-19-15-9-7-12(8-10-15)16(18-2)13-5-4-6-14(17)11-13/h4-11,16,18H,3H2,1-2H3. The number of nitrogens with one attached hydrogen (secondary N) is 1. The first-order chi connectivity index (χ1) is 9.24. The van der Waals surface area contributed by atoms with Crippen LogP contribution in [0.4, 0.5) is 4.39 Å². The summed E-state index contributed by atoms with van der Waals surface area (Å²) in [5.74, 6) is 0.870. The minimum atomic E-state index is -0.198. The van der Waals surface area contributed by atoms with Gasteiger partial charge in [-0.25, -0.2) is 4.39 Å². The monoisotopic (exact) mass is 275 g/mol. The van der Waals surface area contributed by atoms with E-state index in [0.717, 1.165) is 16.9 Å². The van der Waals surface area contributed by atoms with Crippen LogP contribution in [0.25, 0.3) is 0 Å². The fourth-order valence-corrected chi connectivity index (χ4v) is 2.80. The third-order valence-corrected chi connectivity index (χ3v) is 3.89. The maximum atomic E-state index is 13.3. The van der Waals surface area contributed by atoms with Gasteiger partial charge in [0.1, 0.15) is 5.82 Å². The molecule has 0 heterocycles. The molecule has 1 N–H and O–H groups in total. The Morgan fingerprint density at radius 2 is 1.84 bits per heavy atom. The molecular weight excluding hydrogens is 257 g/mol. The average molecular weight is 275 g/mol. The lowest BCUT2D eigenvalue weighted by Crippen LogP contribution is -2.17. The van der Waals surface area contributed by atoms with E-state index in [9.17, 15) is 4.39 Å². The molecule has 19 heavy (non-hydrogen) atoms. The van der Waals surface area contributed by atoms with Gasteiger partial charge in [0.2, 0.25) is 0 Å². The fourth-order valence-electron chi connectivity index (χ4n) is 2.14. The summed E-state index contributed by atoms with van der Waals surface area (Å²) in [5, 5.41) is 3.24. The van der Waals surface area contributed by atoms with Crippen LogP contribution in [-0.4, -0.2) is 12.8 Å². The highest BCUT2D eigenvalue weighted by Gasteiger charge is 2.12. The second kappa shape index (κ2) is 6.73. The Morgan fingerprint density at radius 1 is 1.11 bits per heavy atom. The Balaban J connectivity index is 2.26. The van der Waals surface area contributed by atoms with Gasteiger partial charge in [0.15, 0.2) is 0 Å². The zero-order chi connectivity index (χ0) is 13.7. The van der Waals surface area contributed by atoms with Crippen molar-refractivity contribution in [2.75, 3.05) is 12.8 Å². The maximum absolute atomic E-state index is 13.3. The smallest absolute Gasteiger partial charge is 0.123 e. The van der Waals surface area contributed by atoms with Gasteiger partial charge >= 0.3 is 0 Å². The molecule has 2 aromatic rings. The van der Waals surface area contributed by atoms with Crippen molar-refractivity contribution in [3.8, 4) is 0 Å². The molecule has 0 radical (unpaired) electrons. The minimum Gasteiger partial charge on any atom is -0.309 e. The van der Waals surface area contributed by atoms with Gasteiger partial charge < -0.3 is 5.32 Å². The topological polar surface area (TPSA) is 12.0 Å². The van der Waals surface area contributed by atoms with Gasteiger partial charge in [-0.15, -0.1) is 11.8 Å². The van der Waals surface area contributed by atoms with E-state index in [0.29, 0.717) is 0 Å². The highest BCUT2D eigenvalue weighted by Crippen LogP contribution is 2.25. The first-order valence-corrected chi connectivity index (χ1v) is 7.38. The predicted molar refractivity (Wildman–Crippen MR) is 80.1 cm³/mol. The predicted octanol–water partition coefficient (Wildman–Crippen LogP) is 4.25. The highest BCUT2D eigenvalue weighted by molar-refractivity contribution is 7.99. The summed E-state index contributed by atoms with van der Waals surface area (Å²) in [6, 6.07) is 15.2. The molecule has 1 nitrogen and oxygen atoms in total. The van der Waals surface area contributed by atoms with Gasteiger partial charge in [0.25, 0.3) is 0 Å². The molecule has 1 unspecified atom stereocenters. The molecule has 100 valence electrons. The lowest BCUT2D eigenvalue weighted by molar-refractivity contribution is 0.616. The summed E-state index contributed by atoms with van der Waals surface area (Å²) >= 11 is 1.82. The minimum absolute atomic E-state index is 0.0244. The molecule has 0 amide bonds. The summed E-state index contributed by atoms with van der Waals surface area (Å²) in [5.41, 5.74) is 2.09. The second-order valence-electron chi connectivity index (χ2n) is 4.28. The van der Waals surface area contributed by atoms with Gasteiger partial charge in [0, 0.05) is 4.90 Å². The molecule has 0 fully saturated rings. The largest absolute Gasteiger partial charge is 0.309 e. The Labute approximate surface area is 118 Å². The van der Waals surface area contributed by atoms with Gasteiger partial charge in [0.05, 0.1) is 6.04 Å². The van der Waals surface area contributed by atoms with Crippen LogP contribution in [0.5, 0.6) is 0 Å². The van der Waals surface area contributed by atoms with Gasteiger partial charge in [-0.1, -0.05) is 31.2 Å². The quantitative estimate of drug-likeness (QED) is 0.819. The van der Waals surface area contributed by atoms with Crippen molar-refractivity contribution in [2.24, 2.45) is 0 Å². The SMILES string of the molecule is CCSc1ccc(C(NC)c2cccc(F)c2)cc1. The highest BCUT2D eigenvalue weighted by atomic mass is 32.2. The van der Waals surface area contributed by atoms with Crippen molar-refractivity contribution >= 4 is 11.8 Å². The molecule has 0 aliphatic heterocycles. The van der Waals surface area contributed by atoms with Crippen LogP contribution in [0.3, 0.4) is 0 Å². The molecular formula is C16H18FNS.